The SMILES string of the molecule is C/C=C\C.C=CC(=C\C)/C(C=C)=C/C=C\C.CC.CC.CC. The smallest absolute Gasteiger partial charge is 0.0194 e. The molecule has 22 heavy (non-hydrogen) atoms. The lowest BCUT2D eigenvalue weighted by Gasteiger charge is -1.99. The summed E-state index contributed by atoms with van der Waals surface area (Å²) in [5.74, 6) is 0. The second-order valence-electron chi connectivity index (χ2n) is 2.97. The average molecular weight is 307 g/mol. The molecule has 0 aliphatic heterocycles. The summed E-state index contributed by atoms with van der Waals surface area (Å²) in [7, 11) is 0. The largest absolute Gasteiger partial charge is 0.0985 e. The van der Waals surface area contributed by atoms with E-state index in [9.17, 15) is 0 Å². The molecular formula is C22H42. The summed E-state index contributed by atoms with van der Waals surface area (Å²) in [5, 5.41) is 0. The van der Waals surface area contributed by atoms with Crippen molar-refractivity contribution in [3.8, 4) is 0 Å². The molecule has 130 valence electrons. The van der Waals surface area contributed by atoms with Gasteiger partial charge in [0.2, 0.25) is 0 Å². The second kappa shape index (κ2) is 42.7. The minimum atomic E-state index is 1.10. The van der Waals surface area contributed by atoms with E-state index >= 15 is 0 Å². The number of hydrogen-bond acceptors (Lipinski definition) is 0. The molecule has 0 amide bonds. The maximum atomic E-state index is 3.74. The van der Waals surface area contributed by atoms with Crippen LogP contribution < -0.4 is 0 Å². The fraction of sp³-hybridized carbons (Fsp3) is 0.455. The maximum absolute atomic E-state index is 3.74. The summed E-state index contributed by atoms with van der Waals surface area (Å²) >= 11 is 0. The Kier molecular flexibility index (Phi) is 62.9. The normalized spacial score (nSPS) is 9.91. The van der Waals surface area contributed by atoms with Crippen LogP contribution >= 0.6 is 0 Å². The number of hydrogen-bond donors (Lipinski definition) is 0. The number of rotatable bonds is 4. The minimum Gasteiger partial charge on any atom is -0.0985 e. The maximum Gasteiger partial charge on any atom is -0.0194 e. The van der Waals surface area contributed by atoms with Crippen LogP contribution in [0.4, 0.5) is 0 Å². The fourth-order valence-electron chi connectivity index (χ4n) is 0.884. The van der Waals surface area contributed by atoms with Gasteiger partial charge in [0.15, 0.2) is 0 Å². The highest BCUT2D eigenvalue weighted by Crippen LogP contribution is 2.11. The molecule has 0 heterocycles. The lowest BCUT2D eigenvalue weighted by atomic mass is 10.1. The van der Waals surface area contributed by atoms with Gasteiger partial charge in [0, 0.05) is 0 Å². The Bertz CT molecular complexity index is 292. The molecule has 0 atom stereocenters. The minimum absolute atomic E-state index is 1.10. The van der Waals surface area contributed by atoms with E-state index in [1.54, 1.807) is 0 Å². The van der Waals surface area contributed by atoms with Crippen molar-refractivity contribution in [2.45, 2.75) is 69.2 Å². The van der Waals surface area contributed by atoms with Crippen LogP contribution in [0, 0.1) is 0 Å². The van der Waals surface area contributed by atoms with E-state index in [2.05, 4.69) is 13.2 Å². The first kappa shape index (κ1) is 32.4. The van der Waals surface area contributed by atoms with Crippen LogP contribution in [0.15, 0.2) is 72.9 Å². The van der Waals surface area contributed by atoms with Gasteiger partial charge in [-0.05, 0) is 38.8 Å². The third-order valence-electron chi connectivity index (χ3n) is 1.89. The zero-order chi connectivity index (χ0) is 18.8. The van der Waals surface area contributed by atoms with Crippen LogP contribution in [-0.2, 0) is 0 Å². The number of allylic oxidation sites excluding steroid dienone is 10. The first-order valence-corrected chi connectivity index (χ1v) is 8.53. The molecule has 0 unspecified atom stereocenters. The molecule has 0 aliphatic carbocycles. The molecule has 0 N–H and O–H groups in total. The summed E-state index contributed by atoms with van der Waals surface area (Å²) < 4.78 is 0. The monoisotopic (exact) mass is 306 g/mol. The Hall–Kier alpha value is -1.56. The third kappa shape index (κ3) is 31.0. The molecule has 0 aromatic heterocycles. The molecule has 0 rings (SSSR count). The average Bonchev–Trinajstić information content (AvgIpc) is 2.64. The fourth-order valence-corrected chi connectivity index (χ4v) is 0.884. The van der Waals surface area contributed by atoms with Gasteiger partial charge >= 0.3 is 0 Å². The Morgan fingerprint density at radius 1 is 0.591 bits per heavy atom. The third-order valence-corrected chi connectivity index (χ3v) is 1.89. The zero-order valence-electron chi connectivity index (χ0n) is 17.0. The van der Waals surface area contributed by atoms with E-state index in [0.29, 0.717) is 0 Å². The van der Waals surface area contributed by atoms with Crippen molar-refractivity contribution in [3.05, 3.63) is 72.9 Å². The molecule has 0 spiro atoms. The molecule has 0 heteroatoms. The Morgan fingerprint density at radius 3 is 1.14 bits per heavy atom. The molecule has 0 aromatic rings. The van der Waals surface area contributed by atoms with Gasteiger partial charge in [-0.25, -0.2) is 0 Å². The van der Waals surface area contributed by atoms with Crippen LogP contribution in [0.3, 0.4) is 0 Å². The van der Waals surface area contributed by atoms with Gasteiger partial charge < -0.3 is 0 Å². The molecule has 0 fully saturated rings. The van der Waals surface area contributed by atoms with Crippen molar-refractivity contribution >= 4 is 0 Å². The van der Waals surface area contributed by atoms with E-state index in [0.717, 1.165) is 11.1 Å². The zero-order valence-corrected chi connectivity index (χ0v) is 17.0. The summed E-state index contributed by atoms with van der Waals surface area (Å²) in [6, 6.07) is 0. The van der Waals surface area contributed by atoms with Gasteiger partial charge in [0.05, 0.1) is 0 Å². The van der Waals surface area contributed by atoms with Crippen molar-refractivity contribution in [2.75, 3.05) is 0 Å². The quantitative estimate of drug-likeness (QED) is 0.361. The highest BCUT2D eigenvalue weighted by Gasteiger charge is 1.92. The Labute approximate surface area is 142 Å². The van der Waals surface area contributed by atoms with Crippen LogP contribution in [0.5, 0.6) is 0 Å². The van der Waals surface area contributed by atoms with Gasteiger partial charge in [0.25, 0.3) is 0 Å². The van der Waals surface area contributed by atoms with Crippen molar-refractivity contribution in [3.63, 3.8) is 0 Å². The molecule has 0 saturated heterocycles. The van der Waals surface area contributed by atoms with Gasteiger partial charge in [-0.1, -0.05) is 103 Å². The van der Waals surface area contributed by atoms with Gasteiger partial charge in [-0.3, -0.25) is 0 Å². The molecule has 0 aliphatic rings. The van der Waals surface area contributed by atoms with E-state index in [-0.39, 0.29) is 0 Å². The second-order valence-corrected chi connectivity index (χ2v) is 2.97. The summed E-state index contributed by atoms with van der Waals surface area (Å²) in [4.78, 5) is 0. The van der Waals surface area contributed by atoms with Crippen molar-refractivity contribution in [1.29, 1.82) is 0 Å². The highest BCUT2D eigenvalue weighted by molar-refractivity contribution is 5.46. The van der Waals surface area contributed by atoms with Crippen LogP contribution in [0.2, 0.25) is 0 Å². The summed E-state index contributed by atoms with van der Waals surface area (Å²) in [6.45, 7) is 27.4. The molecule has 0 nitrogen and oxygen atoms in total. The van der Waals surface area contributed by atoms with Gasteiger partial charge in [-0.15, -0.1) is 0 Å². The molecule has 0 saturated carbocycles. The van der Waals surface area contributed by atoms with Crippen molar-refractivity contribution in [1.82, 2.24) is 0 Å². The standard InChI is InChI=1S/C12H16.C4H8.3C2H6/c1-5-9-10-12(8-4)11(6-2)7-3;1-3-4-2;3*1-2/h5-10H,2,4H2,1,3H3;3-4H,1-2H3;3*1-2H3/b9-5-,11-7+,12-10+;4-3-;;;. The predicted octanol–water partition coefficient (Wildman–Crippen LogP) is 8.47. The Morgan fingerprint density at radius 2 is 0.955 bits per heavy atom. The lowest BCUT2D eigenvalue weighted by Crippen LogP contribution is -1.80. The van der Waals surface area contributed by atoms with E-state index in [1.165, 1.54) is 0 Å². The first-order valence-electron chi connectivity index (χ1n) is 8.53. The Balaban J connectivity index is -0.0000000803. The molecule has 0 bridgehead atoms. The molecule has 0 radical (unpaired) electrons. The van der Waals surface area contributed by atoms with Crippen molar-refractivity contribution < 1.29 is 0 Å². The first-order chi connectivity index (χ1) is 10.7. The van der Waals surface area contributed by atoms with Gasteiger partial charge in [0.1, 0.15) is 0 Å². The van der Waals surface area contributed by atoms with Crippen LogP contribution in [0.25, 0.3) is 0 Å². The van der Waals surface area contributed by atoms with Crippen molar-refractivity contribution in [2.24, 2.45) is 0 Å². The molecule has 0 aromatic carbocycles. The van der Waals surface area contributed by atoms with Gasteiger partial charge in [-0.2, -0.15) is 0 Å². The summed E-state index contributed by atoms with van der Waals surface area (Å²) in [6.07, 6.45) is 15.7. The topological polar surface area (TPSA) is 0 Å². The lowest BCUT2D eigenvalue weighted by molar-refractivity contribution is 1.50. The molecular weight excluding hydrogens is 264 g/mol. The van der Waals surface area contributed by atoms with E-state index in [4.69, 9.17) is 0 Å². The summed E-state index contributed by atoms with van der Waals surface area (Å²) in [5.41, 5.74) is 2.22. The predicted molar refractivity (Wildman–Crippen MR) is 112 cm³/mol. The highest BCUT2D eigenvalue weighted by atomic mass is 14.0. The van der Waals surface area contributed by atoms with E-state index < -0.39 is 0 Å². The van der Waals surface area contributed by atoms with E-state index in [1.807, 2.05) is 118 Å². The van der Waals surface area contributed by atoms with Crippen LogP contribution in [-0.4, -0.2) is 0 Å². The van der Waals surface area contributed by atoms with Crippen LogP contribution in [0.1, 0.15) is 69.2 Å².